The summed E-state index contributed by atoms with van der Waals surface area (Å²) in [6.45, 7) is 4.62. The van der Waals surface area contributed by atoms with Crippen molar-refractivity contribution in [2.24, 2.45) is 0 Å². The van der Waals surface area contributed by atoms with Crippen LogP contribution in [0.25, 0.3) is 0 Å². The van der Waals surface area contributed by atoms with Gasteiger partial charge in [-0.05, 0) is 51.4 Å². The van der Waals surface area contributed by atoms with Gasteiger partial charge in [-0.1, -0.05) is 159 Å². The smallest absolute Gasteiger partial charge is 0.306 e. The van der Waals surface area contributed by atoms with E-state index in [0.29, 0.717) is 12.8 Å². The van der Waals surface area contributed by atoms with E-state index in [9.17, 15) is 19.5 Å². The van der Waals surface area contributed by atoms with E-state index in [1.165, 1.54) is 96.3 Å². The quantitative estimate of drug-likeness (QED) is 0.0264. The summed E-state index contributed by atoms with van der Waals surface area (Å²) in [5.41, 5.74) is 0. The molecule has 0 aromatic rings. The lowest BCUT2D eigenvalue weighted by Crippen LogP contribution is -2.55. The van der Waals surface area contributed by atoms with Crippen LogP contribution >= 0.6 is 0 Å². The van der Waals surface area contributed by atoms with Crippen LogP contribution in [0.15, 0.2) is 36.5 Å². The number of quaternary nitrogens is 1. The Balaban J connectivity index is 4.34. The van der Waals surface area contributed by atoms with Gasteiger partial charge in [0.2, 0.25) is 0 Å². The first-order valence-electron chi connectivity index (χ1n) is 22.5. The molecular formula is C47H85NO7. The Morgan fingerprint density at radius 3 is 1.45 bits per heavy atom. The molecule has 0 fully saturated rings. The van der Waals surface area contributed by atoms with Crippen molar-refractivity contribution >= 4 is 17.9 Å². The molecule has 320 valence electrons. The third kappa shape index (κ3) is 36.9. The average Bonchev–Trinajstić information content (AvgIpc) is 3.14. The molecule has 0 aliphatic heterocycles. The molecule has 2 atom stereocenters. The normalized spacial score (nSPS) is 13.3. The number of ether oxygens (including phenoxy) is 3. The first kappa shape index (κ1) is 52.6. The molecule has 0 heterocycles. The molecule has 0 aromatic carbocycles. The largest absolute Gasteiger partial charge is 0.544 e. The summed E-state index contributed by atoms with van der Waals surface area (Å²) < 4.78 is 17.2. The van der Waals surface area contributed by atoms with E-state index in [2.05, 4.69) is 50.3 Å². The van der Waals surface area contributed by atoms with E-state index in [-0.39, 0.29) is 42.7 Å². The number of nitrogens with zero attached hydrogens (tertiary/aromatic N) is 1. The Hall–Kier alpha value is -2.45. The van der Waals surface area contributed by atoms with Gasteiger partial charge in [0.1, 0.15) is 12.6 Å². The van der Waals surface area contributed by atoms with Crippen molar-refractivity contribution < 1.29 is 38.2 Å². The summed E-state index contributed by atoms with van der Waals surface area (Å²) in [5.74, 6) is -1.75. The third-order valence-corrected chi connectivity index (χ3v) is 10.0. The predicted molar refractivity (Wildman–Crippen MR) is 227 cm³/mol. The van der Waals surface area contributed by atoms with Crippen molar-refractivity contribution in [3.05, 3.63) is 36.5 Å². The Labute approximate surface area is 338 Å². The molecule has 2 unspecified atom stereocenters. The maximum Gasteiger partial charge on any atom is 0.306 e. The molecule has 8 nitrogen and oxygen atoms in total. The van der Waals surface area contributed by atoms with Crippen LogP contribution in [-0.4, -0.2) is 75.5 Å². The number of rotatable bonds is 40. The minimum atomic E-state index is -1.13. The highest BCUT2D eigenvalue weighted by Crippen LogP contribution is 2.14. The second kappa shape index (κ2) is 38.4. The van der Waals surface area contributed by atoms with Gasteiger partial charge in [-0.3, -0.25) is 9.59 Å². The molecule has 8 heteroatoms. The van der Waals surface area contributed by atoms with Crippen LogP contribution < -0.4 is 5.11 Å². The van der Waals surface area contributed by atoms with Crippen molar-refractivity contribution in [1.82, 2.24) is 0 Å². The van der Waals surface area contributed by atoms with Crippen molar-refractivity contribution in [2.75, 3.05) is 41.0 Å². The van der Waals surface area contributed by atoms with E-state index in [0.717, 1.165) is 64.2 Å². The van der Waals surface area contributed by atoms with Gasteiger partial charge in [-0.25, -0.2) is 0 Å². The number of hydrogen-bond donors (Lipinski definition) is 0. The Morgan fingerprint density at radius 1 is 0.545 bits per heavy atom. The second-order valence-electron chi connectivity index (χ2n) is 16.3. The Bertz CT molecular complexity index is 1000. The van der Waals surface area contributed by atoms with Crippen molar-refractivity contribution in [1.29, 1.82) is 0 Å². The Kier molecular flexibility index (Phi) is 36.7. The van der Waals surface area contributed by atoms with Crippen LogP contribution in [0, 0.1) is 0 Å². The van der Waals surface area contributed by atoms with Crippen LogP contribution in [0.4, 0.5) is 0 Å². The van der Waals surface area contributed by atoms with Crippen LogP contribution in [0.1, 0.15) is 194 Å². The van der Waals surface area contributed by atoms with Crippen LogP contribution in [0.2, 0.25) is 0 Å². The van der Waals surface area contributed by atoms with E-state index in [4.69, 9.17) is 14.2 Å². The fourth-order valence-electron chi connectivity index (χ4n) is 6.49. The zero-order valence-corrected chi connectivity index (χ0v) is 36.3. The first-order valence-corrected chi connectivity index (χ1v) is 22.5. The van der Waals surface area contributed by atoms with Gasteiger partial charge in [0.25, 0.3) is 0 Å². The molecule has 0 rings (SSSR count). The van der Waals surface area contributed by atoms with Crippen LogP contribution in [-0.2, 0) is 28.6 Å². The lowest BCUT2D eigenvalue weighted by molar-refractivity contribution is -0.889. The zero-order chi connectivity index (χ0) is 40.7. The summed E-state index contributed by atoms with van der Waals surface area (Å²) in [4.78, 5) is 36.8. The standard InChI is InChI=1S/C47H85NO7/c1-6-8-10-12-14-16-18-20-21-22-23-24-25-26-28-30-32-34-36-38-46(50)55-43(41-53-40-39-44(47(51)52)48(3,4)5)42-54-45(49)37-35-33-31-29-27-19-17-15-13-11-9-7-2/h14,16,20-21,23-24,43-44H,6-13,15,17-19,22,25-42H2,1-5H3/b16-14-,21-20-,24-23-. The number of hydrogen-bond acceptors (Lipinski definition) is 7. The van der Waals surface area contributed by atoms with Gasteiger partial charge >= 0.3 is 11.9 Å². The molecule has 0 spiro atoms. The van der Waals surface area contributed by atoms with Crippen LogP contribution in [0.3, 0.4) is 0 Å². The van der Waals surface area contributed by atoms with E-state index in [1.54, 1.807) is 21.1 Å². The summed E-state index contributed by atoms with van der Waals surface area (Å²) in [6, 6.07) is -0.726. The second-order valence-corrected chi connectivity index (χ2v) is 16.3. The molecule has 55 heavy (non-hydrogen) atoms. The molecular weight excluding hydrogens is 691 g/mol. The van der Waals surface area contributed by atoms with E-state index >= 15 is 0 Å². The van der Waals surface area contributed by atoms with Gasteiger partial charge in [-0.15, -0.1) is 0 Å². The van der Waals surface area contributed by atoms with Gasteiger partial charge in [0.05, 0.1) is 40.3 Å². The highest BCUT2D eigenvalue weighted by molar-refractivity contribution is 5.70. The SMILES string of the molecule is CCCCC/C=C\C/C=C\C/C=C\CCCCCCCCC(=O)OC(COCCC(C(=O)[O-])[N+](C)(C)C)COC(=O)CCCCCCCCCCCCCC. The van der Waals surface area contributed by atoms with Crippen molar-refractivity contribution in [3.8, 4) is 0 Å². The minimum absolute atomic E-state index is 0.0375. The van der Waals surface area contributed by atoms with Crippen molar-refractivity contribution in [2.45, 2.75) is 206 Å². The van der Waals surface area contributed by atoms with E-state index in [1.807, 2.05) is 0 Å². The number of unbranched alkanes of at least 4 members (excludes halogenated alkanes) is 20. The number of likely N-dealkylation sites (N-methyl/N-ethyl adjacent to an activating group) is 1. The highest BCUT2D eigenvalue weighted by Gasteiger charge is 2.25. The maximum atomic E-state index is 12.7. The molecule has 0 amide bonds. The number of carbonyl (C=O) groups is 3. The summed E-state index contributed by atoms with van der Waals surface area (Å²) >= 11 is 0. The first-order chi connectivity index (χ1) is 26.6. The molecule has 0 saturated carbocycles. The van der Waals surface area contributed by atoms with Gasteiger partial charge in [0.15, 0.2) is 6.10 Å². The molecule has 0 N–H and O–H groups in total. The molecule has 0 aromatic heterocycles. The van der Waals surface area contributed by atoms with Crippen molar-refractivity contribution in [3.63, 3.8) is 0 Å². The summed E-state index contributed by atoms with van der Waals surface area (Å²) in [5, 5.41) is 11.6. The van der Waals surface area contributed by atoms with Crippen LogP contribution in [0.5, 0.6) is 0 Å². The number of aliphatic carboxylic acids is 1. The number of esters is 2. The lowest BCUT2D eigenvalue weighted by atomic mass is 10.0. The highest BCUT2D eigenvalue weighted by atomic mass is 16.6. The summed E-state index contributed by atoms with van der Waals surface area (Å²) in [7, 11) is 5.40. The Morgan fingerprint density at radius 2 is 0.964 bits per heavy atom. The number of allylic oxidation sites excluding steroid dienone is 6. The molecule has 0 aliphatic carbocycles. The zero-order valence-electron chi connectivity index (χ0n) is 36.3. The number of carboxylic acid groups (broad SMARTS) is 1. The molecule has 0 saturated heterocycles. The molecule has 0 radical (unpaired) electrons. The fourth-order valence-corrected chi connectivity index (χ4v) is 6.49. The maximum absolute atomic E-state index is 12.7. The van der Waals surface area contributed by atoms with E-state index < -0.39 is 18.1 Å². The lowest BCUT2D eigenvalue weighted by Gasteiger charge is -2.34. The molecule has 0 bridgehead atoms. The fraction of sp³-hybridized carbons (Fsp3) is 0.809. The van der Waals surface area contributed by atoms with Gasteiger partial charge in [0, 0.05) is 19.3 Å². The van der Waals surface area contributed by atoms with Gasteiger partial charge < -0.3 is 28.6 Å². The molecule has 0 aliphatic rings. The predicted octanol–water partition coefficient (Wildman–Crippen LogP) is 10.9. The third-order valence-electron chi connectivity index (χ3n) is 10.0. The average molecular weight is 776 g/mol. The van der Waals surface area contributed by atoms with Gasteiger partial charge in [-0.2, -0.15) is 0 Å². The monoisotopic (exact) mass is 776 g/mol. The number of carboxylic acids is 1. The topological polar surface area (TPSA) is 102 Å². The minimum Gasteiger partial charge on any atom is -0.544 e. The number of carbonyl (C=O) groups excluding carboxylic acids is 3. The summed E-state index contributed by atoms with van der Waals surface area (Å²) in [6.07, 6.45) is 43.0.